The molecular weight excluding hydrogens is 368 g/mol. The molecule has 1 fully saturated rings. The fraction of sp³-hybridized carbons (Fsp3) is 0.400. The number of benzene rings is 1. The Kier molecular flexibility index (Phi) is 4.22. The third-order valence-corrected chi connectivity index (χ3v) is 4.60. The molecule has 0 saturated carbocycles. The maximum atomic E-state index is 12.2. The van der Waals surface area contributed by atoms with E-state index in [1.807, 2.05) is 0 Å². The van der Waals surface area contributed by atoms with Crippen LogP contribution in [0.15, 0.2) is 22.7 Å². The summed E-state index contributed by atoms with van der Waals surface area (Å²) in [6.45, 7) is 0.291. The van der Waals surface area contributed by atoms with Gasteiger partial charge >= 0.3 is 11.9 Å². The van der Waals surface area contributed by atoms with Crippen molar-refractivity contribution in [2.75, 3.05) is 25.2 Å². The van der Waals surface area contributed by atoms with Crippen molar-refractivity contribution in [3.8, 4) is 0 Å². The highest BCUT2D eigenvalue weighted by Gasteiger charge is 2.42. The Morgan fingerprint density at radius 2 is 2.17 bits per heavy atom. The molecule has 1 saturated heterocycles. The first-order valence-corrected chi connectivity index (χ1v) is 7.87. The fourth-order valence-electron chi connectivity index (χ4n) is 3.01. The molecule has 0 unspecified atom stereocenters. The number of ketones is 1. The number of fused-ring (bicyclic) bond motifs is 1. The Morgan fingerprint density at radius 3 is 2.87 bits per heavy atom. The van der Waals surface area contributed by atoms with Gasteiger partial charge in [-0.3, -0.25) is 24.2 Å². The van der Waals surface area contributed by atoms with Crippen LogP contribution >= 0.6 is 15.9 Å². The van der Waals surface area contributed by atoms with Gasteiger partial charge in [0.05, 0.1) is 31.1 Å². The number of carbonyl (C=O) groups is 3. The monoisotopic (exact) mass is 382 g/mol. The zero-order valence-corrected chi connectivity index (χ0v) is 13.9. The Hall–Kier alpha value is -1.77. The summed E-state index contributed by atoms with van der Waals surface area (Å²) in [6.07, 6.45) is -0.424. The molecule has 3 rings (SSSR count). The maximum Gasteiger partial charge on any atom is 0.323 e. The number of methoxy groups -OCH3 is 1. The van der Waals surface area contributed by atoms with Crippen molar-refractivity contribution in [1.29, 1.82) is 0 Å². The van der Waals surface area contributed by atoms with Gasteiger partial charge in [0.2, 0.25) is 0 Å². The molecule has 2 heterocycles. The number of carbonyl (C=O) groups excluding carboxylic acids is 3. The summed E-state index contributed by atoms with van der Waals surface area (Å²) in [6, 6.07) is 4.40. The third kappa shape index (κ3) is 2.77. The zero-order valence-electron chi connectivity index (χ0n) is 12.4. The summed E-state index contributed by atoms with van der Waals surface area (Å²) in [7, 11) is 1.28. The molecule has 0 aliphatic carbocycles. The Morgan fingerprint density at radius 1 is 1.43 bits per heavy atom. The van der Waals surface area contributed by atoms with Gasteiger partial charge in [0, 0.05) is 17.4 Å². The van der Waals surface area contributed by atoms with Crippen LogP contribution in [0.1, 0.15) is 16.8 Å². The van der Waals surface area contributed by atoms with Crippen LogP contribution in [-0.2, 0) is 14.3 Å². The second-order valence-electron chi connectivity index (χ2n) is 5.57. The van der Waals surface area contributed by atoms with Crippen molar-refractivity contribution >= 4 is 39.3 Å². The van der Waals surface area contributed by atoms with Gasteiger partial charge in [-0.1, -0.05) is 15.9 Å². The summed E-state index contributed by atoms with van der Waals surface area (Å²) >= 11 is 3.28. The number of anilines is 1. The van der Waals surface area contributed by atoms with Crippen LogP contribution in [0.4, 0.5) is 5.69 Å². The molecule has 122 valence electrons. The van der Waals surface area contributed by atoms with Crippen molar-refractivity contribution in [3.63, 3.8) is 0 Å². The molecule has 7 nitrogen and oxygen atoms in total. The second kappa shape index (κ2) is 6.03. The number of esters is 1. The number of hydrogen-bond acceptors (Lipinski definition) is 6. The third-order valence-electron chi connectivity index (χ3n) is 4.11. The first-order chi connectivity index (χ1) is 10.9. The van der Waals surface area contributed by atoms with Crippen LogP contribution < -0.4 is 4.90 Å². The molecule has 0 spiro atoms. The predicted molar refractivity (Wildman–Crippen MR) is 84.0 cm³/mol. The first kappa shape index (κ1) is 16.1. The van der Waals surface area contributed by atoms with Gasteiger partial charge in [0.1, 0.15) is 6.04 Å². The lowest BCUT2D eigenvalue weighted by Crippen LogP contribution is -2.46. The lowest BCUT2D eigenvalue weighted by molar-refractivity contribution is -0.146. The fourth-order valence-corrected chi connectivity index (χ4v) is 3.37. The Balaban J connectivity index is 1.87. The largest absolute Gasteiger partial charge is 0.468 e. The molecule has 0 aromatic heterocycles. The molecule has 0 bridgehead atoms. The van der Waals surface area contributed by atoms with Gasteiger partial charge in [-0.05, 0) is 18.2 Å². The van der Waals surface area contributed by atoms with E-state index in [4.69, 9.17) is 4.74 Å². The number of nitrogens with zero attached hydrogens (tertiary/aromatic N) is 2. The minimum Gasteiger partial charge on any atom is -0.468 e. The van der Waals surface area contributed by atoms with E-state index < -0.39 is 29.8 Å². The minimum absolute atomic E-state index is 0.0516. The van der Waals surface area contributed by atoms with Crippen molar-refractivity contribution in [1.82, 2.24) is 4.90 Å². The van der Waals surface area contributed by atoms with Crippen molar-refractivity contribution in [2.45, 2.75) is 18.6 Å². The van der Waals surface area contributed by atoms with Gasteiger partial charge < -0.3 is 9.84 Å². The SMILES string of the molecule is COC(=O)[C@@H]1C[C@@H](O)CN1CN1C(=O)C(=O)c2cc(Br)ccc21. The molecule has 1 amide bonds. The van der Waals surface area contributed by atoms with Crippen LogP contribution in [-0.4, -0.2) is 60.1 Å². The molecule has 2 aliphatic rings. The standard InChI is InChI=1S/C15H15BrN2O5/c1-23-15(22)12-5-9(19)6-17(12)7-18-11-3-2-8(16)4-10(11)13(20)14(18)21/h2-4,9,12,19H,5-7H2,1H3/t9-,12+/m1/s1. The average Bonchev–Trinajstić information content (AvgIpc) is 3.00. The zero-order chi connectivity index (χ0) is 16.7. The van der Waals surface area contributed by atoms with E-state index in [9.17, 15) is 19.5 Å². The van der Waals surface area contributed by atoms with E-state index in [1.165, 1.54) is 12.0 Å². The van der Waals surface area contributed by atoms with Crippen LogP contribution in [0.2, 0.25) is 0 Å². The summed E-state index contributed by atoms with van der Waals surface area (Å²) in [5, 5.41) is 9.81. The summed E-state index contributed by atoms with van der Waals surface area (Å²) in [5.41, 5.74) is 0.840. The first-order valence-electron chi connectivity index (χ1n) is 7.08. The van der Waals surface area contributed by atoms with E-state index in [2.05, 4.69) is 15.9 Å². The number of likely N-dealkylation sites (tertiary alicyclic amines) is 1. The number of ether oxygens (including phenoxy) is 1. The maximum absolute atomic E-state index is 12.2. The Labute approximate surface area is 140 Å². The summed E-state index contributed by atoms with van der Waals surface area (Å²) in [5.74, 6) is -1.67. The number of aliphatic hydroxyl groups is 1. The number of aliphatic hydroxyl groups excluding tert-OH is 1. The smallest absolute Gasteiger partial charge is 0.323 e. The van der Waals surface area contributed by atoms with E-state index in [0.29, 0.717) is 15.7 Å². The highest BCUT2D eigenvalue weighted by atomic mass is 79.9. The average molecular weight is 383 g/mol. The van der Waals surface area contributed by atoms with Crippen LogP contribution in [0, 0.1) is 0 Å². The molecule has 8 heteroatoms. The predicted octanol–water partition coefficient (Wildman–Crippen LogP) is 0.544. The highest BCUT2D eigenvalue weighted by molar-refractivity contribution is 9.10. The quantitative estimate of drug-likeness (QED) is 0.606. The van der Waals surface area contributed by atoms with Gasteiger partial charge in [-0.15, -0.1) is 0 Å². The van der Waals surface area contributed by atoms with Gasteiger partial charge in [-0.2, -0.15) is 0 Å². The van der Waals surface area contributed by atoms with E-state index in [-0.39, 0.29) is 19.6 Å². The van der Waals surface area contributed by atoms with Crippen molar-refractivity contribution < 1.29 is 24.2 Å². The summed E-state index contributed by atoms with van der Waals surface area (Å²) in [4.78, 5) is 39.2. The molecule has 2 aliphatic heterocycles. The summed E-state index contributed by atoms with van der Waals surface area (Å²) < 4.78 is 5.45. The molecule has 0 radical (unpaired) electrons. The molecule has 2 atom stereocenters. The number of Topliss-reactive ketones (excluding diaryl/α,β-unsaturated/α-hetero) is 1. The van der Waals surface area contributed by atoms with Gasteiger partial charge in [-0.25, -0.2) is 0 Å². The molecule has 1 aromatic rings. The molecule has 23 heavy (non-hydrogen) atoms. The number of hydrogen-bond donors (Lipinski definition) is 1. The topological polar surface area (TPSA) is 87.2 Å². The highest BCUT2D eigenvalue weighted by Crippen LogP contribution is 2.32. The molecule has 1 N–H and O–H groups in total. The number of amides is 1. The number of halogens is 1. The van der Waals surface area contributed by atoms with Crippen LogP contribution in [0.5, 0.6) is 0 Å². The van der Waals surface area contributed by atoms with Crippen LogP contribution in [0.25, 0.3) is 0 Å². The number of β-amino-alcohol motifs (C(OH)–C–C–N with tert-alkyl or cyclic N) is 1. The lowest BCUT2D eigenvalue weighted by Gasteiger charge is -2.27. The van der Waals surface area contributed by atoms with E-state index in [1.54, 1.807) is 23.1 Å². The van der Waals surface area contributed by atoms with Crippen molar-refractivity contribution in [2.24, 2.45) is 0 Å². The van der Waals surface area contributed by atoms with Gasteiger partial charge in [0.25, 0.3) is 5.78 Å². The minimum atomic E-state index is -0.670. The van der Waals surface area contributed by atoms with E-state index >= 15 is 0 Å². The normalized spacial score (nSPS) is 24.2. The van der Waals surface area contributed by atoms with E-state index in [0.717, 1.165) is 0 Å². The molecular formula is C15H15BrN2O5. The van der Waals surface area contributed by atoms with Crippen LogP contribution in [0.3, 0.4) is 0 Å². The molecule has 1 aromatic carbocycles. The lowest BCUT2D eigenvalue weighted by atomic mass is 10.1. The Bertz CT molecular complexity index is 692. The van der Waals surface area contributed by atoms with Gasteiger partial charge in [0.15, 0.2) is 0 Å². The number of rotatable bonds is 3. The second-order valence-corrected chi connectivity index (χ2v) is 6.48. The van der Waals surface area contributed by atoms with Crippen molar-refractivity contribution in [3.05, 3.63) is 28.2 Å².